The molecular formula is C13H14BrN3O2. The van der Waals surface area contributed by atoms with Crippen molar-refractivity contribution in [3.63, 3.8) is 0 Å². The lowest BCUT2D eigenvalue weighted by Crippen LogP contribution is -2.17. The Hall–Kier alpha value is -1.40. The zero-order valence-electron chi connectivity index (χ0n) is 10.6. The summed E-state index contributed by atoms with van der Waals surface area (Å²) in [6.07, 6.45) is 2.43. The molecule has 0 saturated carbocycles. The number of anilines is 1. The lowest BCUT2D eigenvalue weighted by molar-refractivity contribution is 0.109. The van der Waals surface area contributed by atoms with Gasteiger partial charge in [-0.15, -0.1) is 0 Å². The molecule has 100 valence electrons. The Bertz CT molecular complexity index is 598. The molecule has 0 unspecified atom stereocenters. The van der Waals surface area contributed by atoms with Crippen LogP contribution in [0.5, 0.6) is 0 Å². The van der Waals surface area contributed by atoms with Crippen LogP contribution in [0.15, 0.2) is 21.2 Å². The van der Waals surface area contributed by atoms with Crippen LogP contribution in [0.4, 0.5) is 5.82 Å². The molecule has 0 saturated heterocycles. The van der Waals surface area contributed by atoms with E-state index in [1.54, 1.807) is 6.26 Å². The van der Waals surface area contributed by atoms with Crippen molar-refractivity contribution in [1.82, 2.24) is 9.97 Å². The predicted octanol–water partition coefficient (Wildman–Crippen LogP) is 3.00. The quantitative estimate of drug-likeness (QED) is 0.940. The third-order valence-corrected chi connectivity index (χ3v) is 3.61. The number of rotatable bonds is 3. The number of furan rings is 1. The standard InChI is InChI=1S/C13H14BrN3O2/c1-2-15-12-8-7-18-5-4-10(8)16-13(17-12)11-9(14)3-6-19-11/h3,6H,2,4-5,7H2,1H3,(H,15,16,17). The van der Waals surface area contributed by atoms with Gasteiger partial charge < -0.3 is 14.5 Å². The summed E-state index contributed by atoms with van der Waals surface area (Å²) in [6.45, 7) is 4.12. The summed E-state index contributed by atoms with van der Waals surface area (Å²) in [7, 11) is 0. The SMILES string of the molecule is CCNc1nc(-c2occc2Br)nc2c1COCC2. The first-order valence-corrected chi connectivity index (χ1v) is 7.03. The molecule has 1 aliphatic rings. The van der Waals surface area contributed by atoms with Crippen LogP contribution in [0, 0.1) is 0 Å². The van der Waals surface area contributed by atoms with Crippen LogP contribution in [0.25, 0.3) is 11.6 Å². The molecule has 5 nitrogen and oxygen atoms in total. The Morgan fingerprint density at radius 2 is 2.32 bits per heavy atom. The molecule has 0 atom stereocenters. The van der Waals surface area contributed by atoms with Crippen LogP contribution >= 0.6 is 15.9 Å². The molecule has 1 aliphatic heterocycles. The number of halogens is 1. The van der Waals surface area contributed by atoms with Crippen molar-refractivity contribution in [3.8, 4) is 11.6 Å². The molecule has 2 aromatic rings. The Labute approximate surface area is 119 Å². The van der Waals surface area contributed by atoms with E-state index in [0.29, 0.717) is 24.8 Å². The van der Waals surface area contributed by atoms with Crippen molar-refractivity contribution in [2.75, 3.05) is 18.5 Å². The Balaban J connectivity index is 2.11. The number of ether oxygens (including phenoxy) is 1. The van der Waals surface area contributed by atoms with E-state index in [1.165, 1.54) is 0 Å². The van der Waals surface area contributed by atoms with Crippen molar-refractivity contribution >= 4 is 21.7 Å². The normalized spacial score (nSPS) is 14.2. The van der Waals surface area contributed by atoms with Gasteiger partial charge in [-0.05, 0) is 28.9 Å². The van der Waals surface area contributed by atoms with Gasteiger partial charge in [-0.2, -0.15) is 0 Å². The Kier molecular flexibility index (Phi) is 3.52. The van der Waals surface area contributed by atoms with Crippen LogP contribution in [-0.2, 0) is 17.8 Å². The smallest absolute Gasteiger partial charge is 0.199 e. The fraction of sp³-hybridized carbons (Fsp3) is 0.385. The molecule has 0 fully saturated rings. The molecule has 2 aromatic heterocycles. The van der Waals surface area contributed by atoms with Gasteiger partial charge in [0.05, 0.1) is 29.6 Å². The van der Waals surface area contributed by atoms with Crippen molar-refractivity contribution in [3.05, 3.63) is 28.1 Å². The summed E-state index contributed by atoms with van der Waals surface area (Å²) in [5.41, 5.74) is 2.09. The molecular weight excluding hydrogens is 310 g/mol. The molecule has 0 spiro atoms. The molecule has 0 bridgehead atoms. The van der Waals surface area contributed by atoms with E-state index in [1.807, 2.05) is 13.0 Å². The zero-order chi connectivity index (χ0) is 13.2. The Morgan fingerprint density at radius 3 is 3.05 bits per heavy atom. The summed E-state index contributed by atoms with van der Waals surface area (Å²) in [5.74, 6) is 2.10. The van der Waals surface area contributed by atoms with E-state index in [2.05, 4.69) is 31.2 Å². The van der Waals surface area contributed by atoms with Crippen LogP contribution < -0.4 is 5.32 Å². The summed E-state index contributed by atoms with van der Waals surface area (Å²) < 4.78 is 11.8. The van der Waals surface area contributed by atoms with Crippen LogP contribution in [0.1, 0.15) is 18.2 Å². The second-order valence-corrected chi connectivity index (χ2v) is 5.11. The predicted molar refractivity (Wildman–Crippen MR) is 75.0 cm³/mol. The molecule has 1 N–H and O–H groups in total. The highest BCUT2D eigenvalue weighted by atomic mass is 79.9. The number of hydrogen-bond acceptors (Lipinski definition) is 5. The average molecular weight is 324 g/mol. The van der Waals surface area contributed by atoms with Gasteiger partial charge in [-0.3, -0.25) is 0 Å². The lowest BCUT2D eigenvalue weighted by atomic mass is 10.1. The molecule has 3 heterocycles. The maximum atomic E-state index is 5.48. The van der Waals surface area contributed by atoms with Crippen molar-refractivity contribution in [2.24, 2.45) is 0 Å². The zero-order valence-corrected chi connectivity index (χ0v) is 12.2. The van der Waals surface area contributed by atoms with Gasteiger partial charge in [-0.1, -0.05) is 0 Å². The van der Waals surface area contributed by atoms with E-state index in [9.17, 15) is 0 Å². The first-order chi connectivity index (χ1) is 9.29. The van der Waals surface area contributed by atoms with E-state index in [-0.39, 0.29) is 0 Å². The van der Waals surface area contributed by atoms with E-state index < -0.39 is 0 Å². The maximum absolute atomic E-state index is 5.48. The molecule has 0 aromatic carbocycles. The third kappa shape index (κ3) is 2.37. The Morgan fingerprint density at radius 1 is 1.42 bits per heavy atom. The van der Waals surface area contributed by atoms with Crippen LogP contribution in [0.2, 0.25) is 0 Å². The van der Waals surface area contributed by atoms with Crippen molar-refractivity contribution in [1.29, 1.82) is 0 Å². The van der Waals surface area contributed by atoms with Gasteiger partial charge in [0.1, 0.15) is 5.82 Å². The molecule has 3 rings (SSSR count). The number of nitrogens with zero attached hydrogens (tertiary/aromatic N) is 2. The number of nitrogens with one attached hydrogen (secondary N) is 1. The summed E-state index contributed by atoms with van der Waals surface area (Å²) in [5, 5.41) is 3.27. The first kappa shape index (κ1) is 12.6. The fourth-order valence-electron chi connectivity index (χ4n) is 2.10. The summed E-state index contributed by atoms with van der Waals surface area (Å²) in [6, 6.07) is 1.84. The van der Waals surface area contributed by atoms with Crippen molar-refractivity contribution < 1.29 is 9.15 Å². The summed E-state index contributed by atoms with van der Waals surface area (Å²) in [4.78, 5) is 9.16. The second kappa shape index (κ2) is 5.30. The minimum absolute atomic E-state index is 0.567. The molecule has 19 heavy (non-hydrogen) atoms. The highest BCUT2D eigenvalue weighted by molar-refractivity contribution is 9.10. The highest BCUT2D eigenvalue weighted by Gasteiger charge is 2.20. The number of fused-ring (bicyclic) bond motifs is 1. The third-order valence-electron chi connectivity index (χ3n) is 2.99. The van der Waals surface area contributed by atoms with Gasteiger partial charge in [0.2, 0.25) is 0 Å². The first-order valence-electron chi connectivity index (χ1n) is 6.24. The van der Waals surface area contributed by atoms with Crippen LogP contribution in [0.3, 0.4) is 0 Å². The largest absolute Gasteiger partial charge is 0.460 e. The molecule has 6 heteroatoms. The van der Waals surface area contributed by atoms with Crippen LogP contribution in [-0.4, -0.2) is 23.1 Å². The minimum Gasteiger partial charge on any atom is -0.460 e. The van der Waals surface area contributed by atoms with Gasteiger partial charge in [-0.25, -0.2) is 9.97 Å². The highest BCUT2D eigenvalue weighted by Crippen LogP contribution is 2.30. The monoisotopic (exact) mass is 323 g/mol. The van der Waals surface area contributed by atoms with Gasteiger partial charge in [0, 0.05) is 18.5 Å². The minimum atomic E-state index is 0.567. The van der Waals surface area contributed by atoms with E-state index in [0.717, 1.165) is 34.5 Å². The second-order valence-electron chi connectivity index (χ2n) is 4.25. The van der Waals surface area contributed by atoms with Crippen molar-refractivity contribution in [2.45, 2.75) is 20.0 Å². The number of hydrogen-bond donors (Lipinski definition) is 1. The van der Waals surface area contributed by atoms with Gasteiger partial charge in [0.25, 0.3) is 0 Å². The molecule has 0 amide bonds. The van der Waals surface area contributed by atoms with Gasteiger partial charge in [0.15, 0.2) is 11.6 Å². The lowest BCUT2D eigenvalue weighted by Gasteiger charge is -2.19. The molecule has 0 radical (unpaired) electrons. The van der Waals surface area contributed by atoms with E-state index in [4.69, 9.17) is 9.15 Å². The topological polar surface area (TPSA) is 60.2 Å². The van der Waals surface area contributed by atoms with Gasteiger partial charge >= 0.3 is 0 Å². The molecule has 0 aliphatic carbocycles. The summed E-state index contributed by atoms with van der Waals surface area (Å²) >= 11 is 3.44. The maximum Gasteiger partial charge on any atom is 0.199 e. The van der Waals surface area contributed by atoms with E-state index >= 15 is 0 Å². The average Bonchev–Trinajstić information content (AvgIpc) is 2.85. The fourth-order valence-corrected chi connectivity index (χ4v) is 2.48. The number of aromatic nitrogens is 2.